The molecule has 2 heteroatoms. The highest BCUT2D eigenvalue weighted by atomic mass is 15.1. The van der Waals surface area contributed by atoms with Gasteiger partial charge in [-0.2, -0.15) is 0 Å². The van der Waals surface area contributed by atoms with Crippen LogP contribution in [-0.2, 0) is 0 Å². The third kappa shape index (κ3) is 7.40. The van der Waals surface area contributed by atoms with Gasteiger partial charge in [0.1, 0.15) is 0 Å². The zero-order valence-corrected chi connectivity index (χ0v) is 38.5. The van der Waals surface area contributed by atoms with Crippen LogP contribution in [0.2, 0.25) is 0 Å². The number of benzene rings is 12. The molecule has 0 saturated carbocycles. The summed E-state index contributed by atoms with van der Waals surface area (Å²) in [5, 5.41) is 7.51. The van der Waals surface area contributed by atoms with Gasteiger partial charge in [0.15, 0.2) is 0 Å². The van der Waals surface area contributed by atoms with Crippen molar-refractivity contribution in [1.82, 2.24) is 4.57 Å². The smallest absolute Gasteiger partial charge is 0.0541 e. The summed E-state index contributed by atoms with van der Waals surface area (Å²) in [6.07, 6.45) is 0. The van der Waals surface area contributed by atoms with Gasteiger partial charge in [0, 0.05) is 33.4 Å². The molecular formula is C68H46N2. The van der Waals surface area contributed by atoms with Crippen molar-refractivity contribution in [3.05, 3.63) is 279 Å². The maximum absolute atomic E-state index is 2.41. The van der Waals surface area contributed by atoms with Gasteiger partial charge in [-0.1, -0.05) is 212 Å². The molecule has 0 bridgehead atoms. The third-order valence-corrected chi connectivity index (χ3v) is 14.0. The molecule has 0 aliphatic carbocycles. The van der Waals surface area contributed by atoms with E-state index in [-0.39, 0.29) is 0 Å². The van der Waals surface area contributed by atoms with E-state index in [1.54, 1.807) is 0 Å². The van der Waals surface area contributed by atoms with Crippen LogP contribution in [-0.4, -0.2) is 4.57 Å². The highest BCUT2D eigenvalue weighted by Crippen LogP contribution is 2.41. The van der Waals surface area contributed by atoms with E-state index < -0.39 is 0 Å². The van der Waals surface area contributed by atoms with Gasteiger partial charge in [-0.05, 0) is 138 Å². The second kappa shape index (κ2) is 17.4. The van der Waals surface area contributed by atoms with Crippen LogP contribution < -0.4 is 4.90 Å². The Labute approximate surface area is 408 Å². The van der Waals surface area contributed by atoms with Crippen molar-refractivity contribution >= 4 is 60.4 Å². The molecule has 328 valence electrons. The number of aromatic nitrogens is 1. The molecule has 0 saturated heterocycles. The molecular weight excluding hydrogens is 845 g/mol. The summed E-state index contributed by atoms with van der Waals surface area (Å²) in [5.41, 5.74) is 18.8. The maximum atomic E-state index is 2.41. The Morgan fingerprint density at radius 1 is 0.229 bits per heavy atom. The first kappa shape index (κ1) is 41.0. The average Bonchev–Trinajstić information content (AvgIpc) is 3.78. The van der Waals surface area contributed by atoms with Gasteiger partial charge < -0.3 is 9.47 Å². The standard InChI is InChI=1S/C68H46N2/c1-3-15-54-45-56(31-27-47(54)13-1)51-35-41-59(42-36-51)69(60-43-37-52(38-44-60)61-17-5-6-18-62(61)57-32-28-48-14-2-4-16-55(48)46-57)58-39-33-50(34-40-58)49-25-29-53(30-26-49)63-19-7-10-22-66(63)70-67-23-11-8-20-64(67)65-21-9-12-24-68(65)70/h1-46H. The van der Waals surface area contributed by atoms with Crippen LogP contribution in [0, 0.1) is 0 Å². The minimum Gasteiger partial charge on any atom is -0.311 e. The minimum atomic E-state index is 1.09. The summed E-state index contributed by atoms with van der Waals surface area (Å²) in [6, 6.07) is 102. The van der Waals surface area contributed by atoms with E-state index in [2.05, 4.69) is 289 Å². The fourth-order valence-electron chi connectivity index (χ4n) is 10.5. The van der Waals surface area contributed by atoms with Gasteiger partial charge in [-0.25, -0.2) is 0 Å². The van der Waals surface area contributed by atoms with Gasteiger partial charge in [-0.15, -0.1) is 0 Å². The van der Waals surface area contributed by atoms with Crippen molar-refractivity contribution in [2.75, 3.05) is 4.90 Å². The Morgan fingerprint density at radius 3 is 1.13 bits per heavy atom. The number of hydrogen-bond donors (Lipinski definition) is 0. The summed E-state index contributed by atoms with van der Waals surface area (Å²) >= 11 is 0. The molecule has 1 heterocycles. The summed E-state index contributed by atoms with van der Waals surface area (Å²) < 4.78 is 2.41. The van der Waals surface area contributed by atoms with Crippen LogP contribution in [0.5, 0.6) is 0 Å². The van der Waals surface area contributed by atoms with E-state index >= 15 is 0 Å². The van der Waals surface area contributed by atoms with E-state index in [0.717, 1.165) is 17.1 Å². The Hall–Kier alpha value is -9.24. The van der Waals surface area contributed by atoms with Gasteiger partial charge in [0.05, 0.1) is 16.7 Å². The van der Waals surface area contributed by atoms with Crippen molar-refractivity contribution in [1.29, 1.82) is 0 Å². The molecule has 0 unspecified atom stereocenters. The van der Waals surface area contributed by atoms with Crippen molar-refractivity contribution in [3.8, 4) is 61.3 Å². The first-order valence-corrected chi connectivity index (χ1v) is 24.1. The Morgan fingerprint density at radius 2 is 0.571 bits per heavy atom. The first-order chi connectivity index (χ1) is 34.7. The molecule has 0 spiro atoms. The maximum Gasteiger partial charge on any atom is 0.0541 e. The molecule has 13 aromatic rings. The van der Waals surface area contributed by atoms with Crippen molar-refractivity contribution in [2.24, 2.45) is 0 Å². The molecule has 0 N–H and O–H groups in total. The van der Waals surface area contributed by atoms with E-state index in [0.29, 0.717) is 0 Å². The van der Waals surface area contributed by atoms with Gasteiger partial charge in [-0.3, -0.25) is 0 Å². The monoisotopic (exact) mass is 890 g/mol. The second-order valence-electron chi connectivity index (χ2n) is 18.1. The molecule has 0 aliphatic rings. The molecule has 12 aromatic carbocycles. The van der Waals surface area contributed by atoms with Crippen LogP contribution >= 0.6 is 0 Å². The molecule has 1 aromatic heterocycles. The van der Waals surface area contributed by atoms with Crippen molar-refractivity contribution in [3.63, 3.8) is 0 Å². The van der Waals surface area contributed by atoms with Crippen LogP contribution in [0.1, 0.15) is 0 Å². The van der Waals surface area contributed by atoms with E-state index in [4.69, 9.17) is 0 Å². The Balaban J connectivity index is 0.840. The zero-order chi connectivity index (χ0) is 46.4. The lowest BCUT2D eigenvalue weighted by Crippen LogP contribution is -2.09. The number of fused-ring (bicyclic) bond motifs is 5. The van der Waals surface area contributed by atoms with Crippen molar-refractivity contribution in [2.45, 2.75) is 0 Å². The first-order valence-electron chi connectivity index (χ1n) is 24.1. The van der Waals surface area contributed by atoms with Gasteiger partial charge >= 0.3 is 0 Å². The largest absolute Gasteiger partial charge is 0.311 e. The zero-order valence-electron chi connectivity index (χ0n) is 38.5. The Kier molecular flexibility index (Phi) is 10.2. The number of nitrogens with zero attached hydrogens (tertiary/aromatic N) is 2. The summed E-state index contributed by atoms with van der Waals surface area (Å²) in [5.74, 6) is 0. The highest BCUT2D eigenvalue weighted by molar-refractivity contribution is 6.09. The SMILES string of the molecule is c1ccc(-c2ccc3ccccc3c2)c(-c2ccc(N(c3ccc(-c4ccc(-c5ccccc5-n5c6ccccc6c6ccccc65)cc4)cc3)c3ccc(-c4ccc5ccccc5c4)cc3)cc2)c1. The van der Waals surface area contributed by atoms with Crippen LogP contribution in [0.3, 0.4) is 0 Å². The van der Waals surface area contributed by atoms with Gasteiger partial charge in [0.2, 0.25) is 0 Å². The van der Waals surface area contributed by atoms with E-state index in [9.17, 15) is 0 Å². The Bertz CT molecular complexity index is 3980. The highest BCUT2D eigenvalue weighted by Gasteiger charge is 2.17. The van der Waals surface area contributed by atoms with Crippen LogP contribution in [0.15, 0.2) is 279 Å². The molecule has 0 radical (unpaired) electrons. The molecule has 0 atom stereocenters. The molecule has 70 heavy (non-hydrogen) atoms. The molecule has 13 rings (SSSR count). The summed E-state index contributed by atoms with van der Waals surface area (Å²) in [7, 11) is 0. The fourth-order valence-corrected chi connectivity index (χ4v) is 10.5. The van der Waals surface area contributed by atoms with Crippen LogP contribution in [0.4, 0.5) is 17.1 Å². The molecule has 2 nitrogen and oxygen atoms in total. The number of para-hydroxylation sites is 3. The van der Waals surface area contributed by atoms with Gasteiger partial charge in [0.25, 0.3) is 0 Å². The number of anilines is 3. The van der Waals surface area contributed by atoms with E-state index in [1.165, 1.54) is 105 Å². The number of hydrogen-bond acceptors (Lipinski definition) is 1. The lowest BCUT2D eigenvalue weighted by atomic mass is 9.93. The van der Waals surface area contributed by atoms with Crippen LogP contribution in [0.25, 0.3) is 105 Å². The van der Waals surface area contributed by atoms with E-state index in [1.807, 2.05) is 0 Å². The quantitative estimate of drug-likeness (QED) is 0.140. The summed E-state index contributed by atoms with van der Waals surface area (Å²) in [4.78, 5) is 2.36. The molecule has 0 amide bonds. The topological polar surface area (TPSA) is 8.17 Å². The lowest BCUT2D eigenvalue weighted by Gasteiger charge is -2.26. The summed E-state index contributed by atoms with van der Waals surface area (Å²) in [6.45, 7) is 0. The van der Waals surface area contributed by atoms with Crippen molar-refractivity contribution < 1.29 is 0 Å². The normalized spacial score (nSPS) is 11.4. The predicted octanol–water partition coefficient (Wildman–Crippen LogP) is 18.9. The predicted molar refractivity (Wildman–Crippen MR) is 298 cm³/mol. The molecule has 0 aliphatic heterocycles. The fraction of sp³-hybridized carbons (Fsp3) is 0. The second-order valence-corrected chi connectivity index (χ2v) is 18.1. The average molecular weight is 891 g/mol. The molecule has 0 fully saturated rings. The minimum absolute atomic E-state index is 1.09. The lowest BCUT2D eigenvalue weighted by molar-refractivity contribution is 1.18. The third-order valence-electron chi connectivity index (χ3n) is 14.0. The number of rotatable bonds is 9.